The van der Waals surface area contributed by atoms with E-state index in [-0.39, 0.29) is 17.9 Å². The number of morpholine rings is 1. The average molecular weight is 494 g/mol. The highest BCUT2D eigenvalue weighted by atomic mass is 35.5. The molecule has 2 aromatic heterocycles. The molecule has 2 aromatic rings. The lowest BCUT2D eigenvalue weighted by atomic mass is 9.96. The van der Waals surface area contributed by atoms with Gasteiger partial charge in [-0.1, -0.05) is 32.4 Å². The number of halogens is 1. The highest BCUT2D eigenvalue weighted by Crippen LogP contribution is 2.34. The zero-order chi connectivity index (χ0) is 23.6. The van der Waals surface area contributed by atoms with E-state index in [9.17, 15) is 9.59 Å². The summed E-state index contributed by atoms with van der Waals surface area (Å²) < 4.78 is 7.59. The number of aromatic nitrogens is 2. The van der Waals surface area contributed by atoms with E-state index in [0.717, 1.165) is 40.8 Å². The number of likely N-dealkylation sites (tertiary alicyclic amines) is 1. The van der Waals surface area contributed by atoms with Gasteiger partial charge >= 0.3 is 0 Å². The lowest BCUT2D eigenvalue weighted by Gasteiger charge is -2.30. The fraction of sp³-hybridized carbons (Fsp3) is 0.609. The number of carbonyl (C=O) groups is 2. The van der Waals surface area contributed by atoms with Crippen molar-refractivity contribution in [2.24, 2.45) is 5.41 Å². The maximum atomic E-state index is 13.2. The molecule has 0 radical (unpaired) electrons. The molecule has 1 atom stereocenters. The van der Waals surface area contributed by atoms with Gasteiger partial charge in [-0.15, -0.1) is 11.3 Å². The van der Waals surface area contributed by atoms with E-state index >= 15 is 0 Å². The first-order chi connectivity index (χ1) is 15.7. The van der Waals surface area contributed by atoms with Crippen LogP contribution in [0.5, 0.6) is 0 Å². The van der Waals surface area contributed by atoms with E-state index in [0.29, 0.717) is 38.7 Å². The van der Waals surface area contributed by atoms with Gasteiger partial charge in [0.2, 0.25) is 5.91 Å². The first-order valence-corrected chi connectivity index (χ1v) is 12.6. The normalized spacial score (nSPS) is 19.8. The van der Waals surface area contributed by atoms with Crippen LogP contribution < -0.4 is 5.32 Å². The molecule has 0 saturated carbocycles. The summed E-state index contributed by atoms with van der Waals surface area (Å²) in [6.07, 6.45) is 1.77. The molecule has 1 amide bonds. The SMILES string of the molecule is CC(C)(C)C(=O)n1nc(C2CCCN2C(=O)CN2CCOCC2)cc1NCc1ccc(Cl)s1. The Morgan fingerprint density at radius 1 is 1.24 bits per heavy atom. The summed E-state index contributed by atoms with van der Waals surface area (Å²) in [7, 11) is 0. The summed E-state index contributed by atoms with van der Waals surface area (Å²) in [6.45, 7) is 10.2. The number of anilines is 1. The van der Waals surface area contributed by atoms with Crippen LogP contribution in [0.25, 0.3) is 0 Å². The Hall–Kier alpha value is -1.94. The van der Waals surface area contributed by atoms with E-state index in [4.69, 9.17) is 21.4 Å². The lowest BCUT2D eigenvalue weighted by molar-refractivity contribution is -0.134. The zero-order valence-electron chi connectivity index (χ0n) is 19.5. The molecule has 2 aliphatic heterocycles. The Balaban J connectivity index is 1.54. The molecule has 2 saturated heterocycles. The Bertz CT molecular complexity index is 993. The largest absolute Gasteiger partial charge is 0.379 e. The van der Waals surface area contributed by atoms with Crippen molar-refractivity contribution < 1.29 is 14.3 Å². The number of ether oxygens (including phenoxy) is 1. The van der Waals surface area contributed by atoms with Crippen LogP contribution in [0.15, 0.2) is 18.2 Å². The predicted molar refractivity (Wildman–Crippen MR) is 130 cm³/mol. The minimum absolute atomic E-state index is 0.0929. The van der Waals surface area contributed by atoms with Crippen molar-refractivity contribution in [3.8, 4) is 0 Å². The molecule has 0 aliphatic carbocycles. The van der Waals surface area contributed by atoms with Crippen LogP contribution in [0, 0.1) is 5.41 Å². The van der Waals surface area contributed by atoms with Crippen molar-refractivity contribution in [1.82, 2.24) is 19.6 Å². The zero-order valence-corrected chi connectivity index (χ0v) is 21.0. The molecule has 1 N–H and O–H groups in total. The summed E-state index contributed by atoms with van der Waals surface area (Å²) in [5, 5.41) is 8.07. The lowest BCUT2D eigenvalue weighted by Crippen LogP contribution is -2.44. The van der Waals surface area contributed by atoms with E-state index in [1.807, 2.05) is 43.9 Å². The minimum atomic E-state index is -0.590. The second kappa shape index (κ2) is 10.1. The number of carbonyl (C=O) groups excluding carboxylic acids is 2. The molecular weight excluding hydrogens is 462 g/mol. The maximum Gasteiger partial charge on any atom is 0.254 e. The van der Waals surface area contributed by atoms with Gasteiger partial charge in [-0.05, 0) is 25.0 Å². The van der Waals surface area contributed by atoms with E-state index in [1.54, 1.807) is 0 Å². The third-order valence-corrected chi connectivity index (χ3v) is 7.24. The van der Waals surface area contributed by atoms with Gasteiger partial charge in [0.1, 0.15) is 5.82 Å². The summed E-state index contributed by atoms with van der Waals surface area (Å²) >= 11 is 7.56. The molecule has 33 heavy (non-hydrogen) atoms. The molecule has 180 valence electrons. The summed E-state index contributed by atoms with van der Waals surface area (Å²) in [6, 6.07) is 5.63. The smallest absolute Gasteiger partial charge is 0.254 e. The van der Waals surface area contributed by atoms with Crippen LogP contribution in [0.2, 0.25) is 4.34 Å². The number of nitrogens with zero attached hydrogens (tertiary/aromatic N) is 4. The highest BCUT2D eigenvalue weighted by Gasteiger charge is 2.35. The average Bonchev–Trinajstić information content (AvgIpc) is 3.51. The Kier molecular flexibility index (Phi) is 7.43. The van der Waals surface area contributed by atoms with Crippen LogP contribution in [0.4, 0.5) is 5.82 Å². The van der Waals surface area contributed by atoms with Crippen molar-refractivity contribution in [3.63, 3.8) is 0 Å². The first kappa shape index (κ1) is 24.2. The number of amides is 1. The van der Waals surface area contributed by atoms with Gasteiger partial charge in [0.25, 0.3) is 5.91 Å². The van der Waals surface area contributed by atoms with Gasteiger partial charge in [0.15, 0.2) is 0 Å². The Labute approximate surface area is 203 Å². The molecule has 0 aromatic carbocycles. The first-order valence-electron chi connectivity index (χ1n) is 11.4. The summed E-state index contributed by atoms with van der Waals surface area (Å²) in [5.74, 6) is 0.658. The third kappa shape index (κ3) is 5.77. The molecule has 2 fully saturated rings. The molecule has 4 rings (SSSR count). The minimum Gasteiger partial charge on any atom is -0.379 e. The van der Waals surface area contributed by atoms with Crippen molar-refractivity contribution >= 4 is 40.6 Å². The van der Waals surface area contributed by atoms with Crippen molar-refractivity contribution in [2.45, 2.75) is 46.2 Å². The van der Waals surface area contributed by atoms with Crippen molar-refractivity contribution in [2.75, 3.05) is 44.7 Å². The molecule has 1 unspecified atom stereocenters. The van der Waals surface area contributed by atoms with Gasteiger partial charge in [-0.2, -0.15) is 9.78 Å². The van der Waals surface area contributed by atoms with Crippen LogP contribution in [-0.4, -0.2) is 70.8 Å². The second-order valence-electron chi connectivity index (χ2n) is 9.61. The number of hydrogen-bond acceptors (Lipinski definition) is 7. The number of nitrogens with one attached hydrogen (secondary N) is 1. The predicted octanol–water partition coefficient (Wildman–Crippen LogP) is 3.89. The van der Waals surface area contributed by atoms with Crippen LogP contribution in [-0.2, 0) is 16.1 Å². The fourth-order valence-electron chi connectivity index (χ4n) is 4.20. The van der Waals surface area contributed by atoms with E-state index < -0.39 is 5.41 Å². The van der Waals surface area contributed by atoms with E-state index in [1.165, 1.54) is 16.0 Å². The number of thiophene rings is 1. The third-order valence-electron chi connectivity index (χ3n) is 6.01. The second-order valence-corrected chi connectivity index (χ2v) is 11.4. The molecule has 2 aliphatic rings. The van der Waals surface area contributed by atoms with Crippen molar-refractivity contribution in [3.05, 3.63) is 33.1 Å². The van der Waals surface area contributed by atoms with Gasteiger partial charge in [0.05, 0.1) is 42.4 Å². The quantitative estimate of drug-likeness (QED) is 0.657. The number of rotatable bonds is 6. The van der Waals surface area contributed by atoms with Gasteiger partial charge in [0, 0.05) is 36.0 Å². The molecule has 10 heteroatoms. The maximum absolute atomic E-state index is 13.2. The molecular formula is C23H32ClN5O3S. The standard InChI is InChI=1S/C23H32ClN5O3S/c1-23(2,3)22(31)29-20(25-14-16-6-7-19(24)33-16)13-17(26-29)18-5-4-8-28(18)21(30)15-27-9-11-32-12-10-27/h6-7,13,18,25H,4-5,8-12,14-15H2,1-3H3. The van der Waals surface area contributed by atoms with Gasteiger partial charge in [-0.3, -0.25) is 14.5 Å². The topological polar surface area (TPSA) is 79.7 Å². The molecule has 0 spiro atoms. The molecule has 0 bridgehead atoms. The van der Waals surface area contributed by atoms with Gasteiger partial charge in [-0.25, -0.2) is 0 Å². The monoisotopic (exact) mass is 493 g/mol. The Morgan fingerprint density at radius 2 is 2.00 bits per heavy atom. The highest BCUT2D eigenvalue weighted by molar-refractivity contribution is 7.16. The van der Waals surface area contributed by atoms with Crippen LogP contribution >= 0.6 is 22.9 Å². The van der Waals surface area contributed by atoms with Crippen molar-refractivity contribution in [1.29, 1.82) is 0 Å². The molecule has 8 nitrogen and oxygen atoms in total. The summed E-state index contributed by atoms with van der Waals surface area (Å²) in [5.41, 5.74) is 0.167. The van der Waals surface area contributed by atoms with Crippen LogP contribution in [0.3, 0.4) is 0 Å². The fourth-order valence-corrected chi connectivity index (χ4v) is 5.23. The summed E-state index contributed by atoms with van der Waals surface area (Å²) in [4.78, 5) is 31.4. The van der Waals surface area contributed by atoms with Gasteiger partial charge < -0.3 is 15.0 Å². The van der Waals surface area contributed by atoms with Crippen LogP contribution in [0.1, 0.15) is 55.0 Å². The number of hydrogen-bond donors (Lipinski definition) is 1. The van der Waals surface area contributed by atoms with E-state index in [2.05, 4.69) is 10.2 Å². The Morgan fingerprint density at radius 3 is 2.67 bits per heavy atom. The molecule has 4 heterocycles.